The Morgan fingerprint density at radius 2 is 1.46 bits per heavy atom. The Kier molecular flexibility index (Phi) is 5.82. The first kappa shape index (κ1) is 18.3. The Bertz CT molecular complexity index is 725. The van der Waals surface area contributed by atoms with Gasteiger partial charge < -0.3 is 5.32 Å². The van der Waals surface area contributed by atoms with Crippen molar-refractivity contribution in [2.45, 2.75) is 17.9 Å². The van der Waals surface area contributed by atoms with Gasteiger partial charge in [0.15, 0.2) is 23.3 Å². The van der Waals surface area contributed by atoms with E-state index < -0.39 is 46.6 Å². The standard InChI is InChI=1S/C16H12F5NOS/c1-8(23)22-10(7-24-9-5-3-2-4-6-9)11-12(17)14(19)16(21)15(20)13(11)18/h2-6,10H,7H2,1H3,(H,22,23). The van der Waals surface area contributed by atoms with Gasteiger partial charge in [0.2, 0.25) is 11.7 Å². The molecule has 0 saturated carbocycles. The number of rotatable bonds is 5. The highest BCUT2D eigenvalue weighted by molar-refractivity contribution is 7.99. The first-order valence-corrected chi connectivity index (χ1v) is 7.77. The number of hydrogen-bond donors (Lipinski definition) is 1. The molecule has 0 spiro atoms. The molecule has 2 nitrogen and oxygen atoms in total. The van der Waals surface area contributed by atoms with E-state index in [9.17, 15) is 26.7 Å². The van der Waals surface area contributed by atoms with E-state index in [-0.39, 0.29) is 5.75 Å². The lowest BCUT2D eigenvalue weighted by Crippen LogP contribution is -2.30. The molecule has 1 amide bonds. The minimum Gasteiger partial charge on any atom is -0.348 e. The third-order valence-corrected chi connectivity index (χ3v) is 4.24. The normalized spacial score (nSPS) is 12.1. The molecule has 0 bridgehead atoms. The van der Waals surface area contributed by atoms with Gasteiger partial charge in [-0.05, 0) is 12.1 Å². The number of halogens is 5. The fraction of sp³-hybridized carbons (Fsp3) is 0.188. The molecule has 0 aliphatic carbocycles. The molecule has 24 heavy (non-hydrogen) atoms. The van der Waals surface area contributed by atoms with Crippen LogP contribution >= 0.6 is 11.8 Å². The smallest absolute Gasteiger partial charge is 0.217 e. The molecule has 2 aromatic rings. The second-order valence-corrected chi connectivity index (χ2v) is 5.95. The first-order valence-electron chi connectivity index (χ1n) is 6.79. The molecule has 0 saturated heterocycles. The van der Waals surface area contributed by atoms with Crippen molar-refractivity contribution in [2.75, 3.05) is 5.75 Å². The number of hydrogen-bond acceptors (Lipinski definition) is 2. The van der Waals surface area contributed by atoms with Crippen molar-refractivity contribution in [1.29, 1.82) is 0 Å². The zero-order valence-electron chi connectivity index (χ0n) is 12.4. The van der Waals surface area contributed by atoms with Gasteiger partial charge >= 0.3 is 0 Å². The van der Waals surface area contributed by atoms with Crippen LogP contribution in [0.15, 0.2) is 35.2 Å². The van der Waals surface area contributed by atoms with Crippen LogP contribution in [0.5, 0.6) is 0 Å². The van der Waals surface area contributed by atoms with Crippen molar-refractivity contribution in [3.05, 3.63) is 65.0 Å². The van der Waals surface area contributed by atoms with Crippen molar-refractivity contribution >= 4 is 17.7 Å². The Labute approximate surface area is 139 Å². The van der Waals surface area contributed by atoms with Crippen LogP contribution in [0.1, 0.15) is 18.5 Å². The summed E-state index contributed by atoms with van der Waals surface area (Å²) in [7, 11) is 0. The summed E-state index contributed by atoms with van der Waals surface area (Å²) in [5, 5.41) is 2.23. The molecular weight excluding hydrogens is 349 g/mol. The van der Waals surface area contributed by atoms with Gasteiger partial charge in [0, 0.05) is 17.6 Å². The summed E-state index contributed by atoms with van der Waals surface area (Å²) in [4.78, 5) is 12.0. The summed E-state index contributed by atoms with van der Waals surface area (Å²) in [6.07, 6.45) is 0. The van der Waals surface area contributed by atoms with Gasteiger partial charge in [0.1, 0.15) is 0 Å². The molecule has 1 N–H and O–H groups in total. The third-order valence-electron chi connectivity index (χ3n) is 3.13. The summed E-state index contributed by atoms with van der Waals surface area (Å²) >= 11 is 1.11. The number of thioether (sulfide) groups is 1. The van der Waals surface area contributed by atoms with Gasteiger partial charge in [0.25, 0.3) is 0 Å². The molecule has 0 radical (unpaired) electrons. The van der Waals surface area contributed by atoms with E-state index in [1.54, 1.807) is 30.3 Å². The van der Waals surface area contributed by atoms with Crippen LogP contribution in [-0.4, -0.2) is 11.7 Å². The largest absolute Gasteiger partial charge is 0.348 e. The van der Waals surface area contributed by atoms with Crippen molar-refractivity contribution in [1.82, 2.24) is 5.32 Å². The number of carbonyl (C=O) groups is 1. The molecule has 0 aliphatic rings. The van der Waals surface area contributed by atoms with Gasteiger partial charge in [-0.25, -0.2) is 22.0 Å². The lowest BCUT2D eigenvalue weighted by Gasteiger charge is -2.20. The lowest BCUT2D eigenvalue weighted by atomic mass is 10.1. The van der Waals surface area contributed by atoms with E-state index in [1.807, 2.05) is 0 Å². The molecule has 2 aromatic carbocycles. The third kappa shape index (κ3) is 3.87. The molecular formula is C16H12F5NOS. The number of carbonyl (C=O) groups excluding carboxylic acids is 1. The van der Waals surface area contributed by atoms with Crippen LogP contribution in [0, 0.1) is 29.1 Å². The Morgan fingerprint density at radius 1 is 0.958 bits per heavy atom. The maximum absolute atomic E-state index is 13.9. The van der Waals surface area contributed by atoms with E-state index >= 15 is 0 Å². The second kappa shape index (κ2) is 7.65. The van der Waals surface area contributed by atoms with Gasteiger partial charge in [-0.3, -0.25) is 4.79 Å². The Hall–Kier alpha value is -2.09. The summed E-state index contributed by atoms with van der Waals surface area (Å²) in [5.74, 6) is -11.0. The molecule has 0 aliphatic heterocycles. The van der Waals surface area contributed by atoms with Crippen molar-refractivity contribution in [3.63, 3.8) is 0 Å². The Balaban J connectivity index is 2.39. The van der Waals surface area contributed by atoms with E-state index in [0.717, 1.165) is 23.6 Å². The fourth-order valence-corrected chi connectivity index (χ4v) is 3.03. The highest BCUT2D eigenvalue weighted by Crippen LogP contribution is 2.31. The van der Waals surface area contributed by atoms with Crippen molar-refractivity contribution in [2.24, 2.45) is 0 Å². The molecule has 0 fully saturated rings. The van der Waals surface area contributed by atoms with E-state index in [0.29, 0.717) is 0 Å². The molecule has 2 rings (SSSR count). The summed E-state index contributed by atoms with van der Waals surface area (Å²) in [6, 6.07) is 7.28. The van der Waals surface area contributed by atoms with Crippen LogP contribution in [0.2, 0.25) is 0 Å². The van der Waals surface area contributed by atoms with Crippen LogP contribution in [0.25, 0.3) is 0 Å². The number of benzene rings is 2. The maximum Gasteiger partial charge on any atom is 0.217 e. The van der Waals surface area contributed by atoms with Gasteiger partial charge in [0.05, 0.1) is 11.6 Å². The molecule has 8 heteroatoms. The Morgan fingerprint density at radius 3 is 1.96 bits per heavy atom. The van der Waals surface area contributed by atoms with E-state index in [2.05, 4.69) is 5.32 Å². The maximum atomic E-state index is 13.9. The summed E-state index contributed by atoms with van der Waals surface area (Å²) < 4.78 is 67.8. The summed E-state index contributed by atoms with van der Waals surface area (Å²) in [5.41, 5.74) is -1.05. The molecule has 128 valence electrons. The van der Waals surface area contributed by atoms with Gasteiger partial charge in [-0.1, -0.05) is 18.2 Å². The average Bonchev–Trinajstić information content (AvgIpc) is 2.56. The second-order valence-electron chi connectivity index (χ2n) is 4.86. The van der Waals surface area contributed by atoms with Crippen molar-refractivity contribution < 1.29 is 26.7 Å². The van der Waals surface area contributed by atoms with Crippen LogP contribution in [0.4, 0.5) is 22.0 Å². The molecule has 1 atom stereocenters. The zero-order chi connectivity index (χ0) is 17.9. The highest BCUT2D eigenvalue weighted by atomic mass is 32.2. The topological polar surface area (TPSA) is 29.1 Å². The highest BCUT2D eigenvalue weighted by Gasteiger charge is 2.30. The lowest BCUT2D eigenvalue weighted by molar-refractivity contribution is -0.119. The SMILES string of the molecule is CC(=O)NC(CSc1ccccc1)c1c(F)c(F)c(F)c(F)c1F. The van der Waals surface area contributed by atoms with E-state index in [1.165, 1.54) is 0 Å². The average molecular weight is 361 g/mol. The van der Waals surface area contributed by atoms with Gasteiger partial charge in [-0.15, -0.1) is 11.8 Å². The molecule has 1 unspecified atom stereocenters. The molecule has 0 aromatic heterocycles. The summed E-state index contributed by atoms with van der Waals surface area (Å²) in [6.45, 7) is 1.09. The van der Waals surface area contributed by atoms with Gasteiger partial charge in [-0.2, -0.15) is 0 Å². The number of amides is 1. The predicted molar refractivity (Wildman–Crippen MR) is 80.0 cm³/mol. The first-order chi connectivity index (χ1) is 11.3. The van der Waals surface area contributed by atoms with Crippen molar-refractivity contribution in [3.8, 4) is 0 Å². The van der Waals surface area contributed by atoms with E-state index in [4.69, 9.17) is 0 Å². The zero-order valence-corrected chi connectivity index (χ0v) is 13.2. The minimum absolute atomic E-state index is 0.109. The quantitative estimate of drug-likeness (QED) is 0.371. The minimum atomic E-state index is -2.23. The predicted octanol–water partition coefficient (Wildman–Crippen LogP) is 4.35. The molecule has 0 heterocycles. The van der Waals surface area contributed by atoms with Crippen LogP contribution in [-0.2, 0) is 4.79 Å². The fourth-order valence-electron chi connectivity index (χ4n) is 2.07. The van der Waals surface area contributed by atoms with Crippen LogP contribution < -0.4 is 5.32 Å². The monoisotopic (exact) mass is 361 g/mol. The number of nitrogens with one attached hydrogen (secondary N) is 1. The van der Waals surface area contributed by atoms with Crippen LogP contribution in [0.3, 0.4) is 0 Å².